The Balaban J connectivity index is 1.45. The molecule has 32 heavy (non-hydrogen) atoms. The molecule has 0 saturated carbocycles. The molecular formula is C25H24N4O3. The zero-order valence-electron chi connectivity index (χ0n) is 17.8. The summed E-state index contributed by atoms with van der Waals surface area (Å²) in [6.45, 7) is 6.52. The minimum absolute atomic E-state index is 0.120. The van der Waals surface area contributed by atoms with Gasteiger partial charge in [0, 0.05) is 23.3 Å². The number of aliphatic carboxylic acids is 1. The molecule has 7 heteroatoms. The summed E-state index contributed by atoms with van der Waals surface area (Å²) in [4.78, 5) is 23.2. The molecule has 0 aliphatic carbocycles. The Morgan fingerprint density at radius 3 is 2.72 bits per heavy atom. The van der Waals surface area contributed by atoms with Crippen molar-refractivity contribution in [3.63, 3.8) is 0 Å². The molecule has 3 heterocycles. The maximum atomic E-state index is 12.1. The van der Waals surface area contributed by atoms with Crippen LogP contribution in [0.15, 0.2) is 71.3 Å². The molecule has 2 aromatic heterocycles. The second-order valence-electron chi connectivity index (χ2n) is 8.28. The van der Waals surface area contributed by atoms with Gasteiger partial charge in [0.1, 0.15) is 23.0 Å². The van der Waals surface area contributed by atoms with Crippen molar-refractivity contribution in [2.45, 2.75) is 25.8 Å². The fraction of sp³-hybridized carbons (Fsp3) is 0.240. The third-order valence-corrected chi connectivity index (χ3v) is 5.89. The predicted molar refractivity (Wildman–Crippen MR) is 125 cm³/mol. The summed E-state index contributed by atoms with van der Waals surface area (Å²) in [6.07, 6.45) is 1.18. The van der Waals surface area contributed by atoms with Crippen molar-refractivity contribution in [1.82, 2.24) is 9.97 Å². The van der Waals surface area contributed by atoms with Gasteiger partial charge in [-0.2, -0.15) is 0 Å². The SMILES string of the molecule is C=C(C[C@H]1C[C@@H](C(=O)O)N(c2nc(C)nc3c2oc2ccccc23)C1)Nc1ccccc1. The van der Waals surface area contributed by atoms with E-state index in [1.165, 1.54) is 0 Å². The molecule has 2 aromatic carbocycles. The van der Waals surface area contributed by atoms with Crippen molar-refractivity contribution in [3.8, 4) is 0 Å². The van der Waals surface area contributed by atoms with Gasteiger partial charge in [0.05, 0.1) is 0 Å². The third kappa shape index (κ3) is 3.66. The molecule has 0 spiro atoms. The van der Waals surface area contributed by atoms with Crippen LogP contribution >= 0.6 is 0 Å². The van der Waals surface area contributed by atoms with Crippen molar-refractivity contribution in [1.29, 1.82) is 0 Å². The lowest BCUT2D eigenvalue weighted by atomic mass is 10.00. The molecule has 2 N–H and O–H groups in total. The number of aryl methyl sites for hydroxylation is 1. The van der Waals surface area contributed by atoms with Crippen LogP contribution in [0, 0.1) is 12.8 Å². The number of aromatic nitrogens is 2. The van der Waals surface area contributed by atoms with Gasteiger partial charge in [-0.15, -0.1) is 0 Å². The normalized spacial score (nSPS) is 18.3. The van der Waals surface area contributed by atoms with Crippen LogP contribution < -0.4 is 10.2 Å². The summed E-state index contributed by atoms with van der Waals surface area (Å²) in [5.74, 6) is 0.381. The van der Waals surface area contributed by atoms with E-state index in [1.54, 1.807) is 0 Å². The second kappa shape index (κ2) is 8.00. The van der Waals surface area contributed by atoms with Gasteiger partial charge in [0.2, 0.25) is 0 Å². The first-order valence-corrected chi connectivity index (χ1v) is 10.6. The summed E-state index contributed by atoms with van der Waals surface area (Å²) in [5, 5.41) is 14.2. The van der Waals surface area contributed by atoms with Crippen LogP contribution in [0.1, 0.15) is 18.7 Å². The maximum Gasteiger partial charge on any atom is 0.326 e. The summed E-state index contributed by atoms with van der Waals surface area (Å²) in [6, 6.07) is 16.8. The molecular weight excluding hydrogens is 404 g/mol. The highest BCUT2D eigenvalue weighted by Gasteiger charge is 2.39. The van der Waals surface area contributed by atoms with E-state index in [9.17, 15) is 9.90 Å². The van der Waals surface area contributed by atoms with E-state index >= 15 is 0 Å². The largest absolute Gasteiger partial charge is 0.480 e. The number of allylic oxidation sites excluding steroid dienone is 1. The molecule has 1 aliphatic rings. The number of hydrogen-bond acceptors (Lipinski definition) is 6. The summed E-state index contributed by atoms with van der Waals surface area (Å²) < 4.78 is 6.08. The van der Waals surface area contributed by atoms with Gasteiger partial charge < -0.3 is 19.7 Å². The molecule has 1 fully saturated rings. The van der Waals surface area contributed by atoms with E-state index in [0.29, 0.717) is 47.7 Å². The number of rotatable bonds is 6. The summed E-state index contributed by atoms with van der Waals surface area (Å²) in [7, 11) is 0. The molecule has 0 radical (unpaired) electrons. The van der Waals surface area contributed by atoms with Crippen LogP contribution in [0.5, 0.6) is 0 Å². The Morgan fingerprint density at radius 2 is 1.94 bits per heavy atom. The van der Waals surface area contributed by atoms with Gasteiger partial charge in [-0.1, -0.05) is 36.9 Å². The molecule has 7 nitrogen and oxygen atoms in total. The van der Waals surface area contributed by atoms with Crippen molar-refractivity contribution in [3.05, 3.63) is 72.7 Å². The third-order valence-electron chi connectivity index (χ3n) is 5.89. The van der Waals surface area contributed by atoms with Crippen LogP contribution in [0.25, 0.3) is 22.1 Å². The van der Waals surface area contributed by atoms with Gasteiger partial charge in [0.15, 0.2) is 11.4 Å². The molecule has 0 bridgehead atoms. The van der Waals surface area contributed by atoms with Gasteiger partial charge in [-0.05, 0) is 49.9 Å². The molecule has 1 aliphatic heterocycles. The molecule has 0 unspecified atom stereocenters. The number of anilines is 2. The van der Waals surface area contributed by atoms with Crippen molar-refractivity contribution in [2.75, 3.05) is 16.8 Å². The minimum atomic E-state index is -0.866. The fourth-order valence-electron chi connectivity index (χ4n) is 4.54. The fourth-order valence-corrected chi connectivity index (χ4v) is 4.54. The summed E-state index contributed by atoms with van der Waals surface area (Å²) in [5.41, 5.74) is 3.79. The van der Waals surface area contributed by atoms with Gasteiger partial charge in [-0.3, -0.25) is 0 Å². The lowest BCUT2D eigenvalue weighted by Crippen LogP contribution is -2.36. The zero-order chi connectivity index (χ0) is 22.2. The molecule has 5 rings (SSSR count). The lowest BCUT2D eigenvalue weighted by molar-refractivity contribution is -0.138. The number of nitrogens with one attached hydrogen (secondary N) is 1. The smallest absolute Gasteiger partial charge is 0.326 e. The van der Waals surface area contributed by atoms with Crippen LogP contribution in [-0.4, -0.2) is 33.6 Å². The Morgan fingerprint density at radius 1 is 1.19 bits per heavy atom. The van der Waals surface area contributed by atoms with E-state index in [-0.39, 0.29) is 5.92 Å². The number of fused-ring (bicyclic) bond motifs is 3. The van der Waals surface area contributed by atoms with Crippen LogP contribution in [0.3, 0.4) is 0 Å². The predicted octanol–water partition coefficient (Wildman–Crippen LogP) is 4.98. The Hall–Kier alpha value is -3.87. The second-order valence-corrected chi connectivity index (χ2v) is 8.28. The van der Waals surface area contributed by atoms with Gasteiger partial charge >= 0.3 is 5.97 Å². The number of para-hydroxylation sites is 2. The first-order valence-electron chi connectivity index (χ1n) is 10.6. The van der Waals surface area contributed by atoms with E-state index in [0.717, 1.165) is 16.8 Å². The molecule has 1 saturated heterocycles. The number of benzene rings is 2. The van der Waals surface area contributed by atoms with Crippen molar-refractivity contribution < 1.29 is 14.3 Å². The number of furan rings is 1. The monoisotopic (exact) mass is 428 g/mol. The Bertz CT molecular complexity index is 1320. The minimum Gasteiger partial charge on any atom is -0.480 e. The van der Waals surface area contributed by atoms with Crippen LogP contribution in [0.4, 0.5) is 11.5 Å². The first kappa shape index (κ1) is 20.1. The Kier molecular flexibility index (Phi) is 5.01. The number of hydrogen-bond donors (Lipinski definition) is 2. The average Bonchev–Trinajstić information content (AvgIpc) is 3.35. The average molecular weight is 428 g/mol. The Labute approximate surface area is 185 Å². The van der Waals surface area contributed by atoms with Crippen LogP contribution in [0.2, 0.25) is 0 Å². The lowest BCUT2D eigenvalue weighted by Gasteiger charge is -2.22. The number of carbonyl (C=O) groups is 1. The van der Waals surface area contributed by atoms with E-state index < -0.39 is 12.0 Å². The number of carboxylic acids is 1. The van der Waals surface area contributed by atoms with E-state index in [1.807, 2.05) is 66.4 Å². The molecule has 4 aromatic rings. The van der Waals surface area contributed by atoms with E-state index in [2.05, 4.69) is 21.9 Å². The number of nitrogens with zero attached hydrogens (tertiary/aromatic N) is 3. The highest BCUT2D eigenvalue weighted by atomic mass is 16.4. The zero-order valence-corrected chi connectivity index (χ0v) is 17.8. The first-order chi connectivity index (χ1) is 15.5. The molecule has 0 amide bonds. The highest BCUT2D eigenvalue weighted by molar-refractivity contribution is 6.06. The topological polar surface area (TPSA) is 91.5 Å². The standard InChI is InChI=1S/C25H24N4O3/c1-15(26-18-8-4-3-5-9-18)12-17-13-20(25(30)31)29(14-17)24-23-22(27-16(2)28-24)19-10-6-7-11-21(19)32-23/h3-11,17,20,26H,1,12-14H2,2H3,(H,30,31)/t17-,20-/m0/s1. The van der Waals surface area contributed by atoms with Crippen molar-refractivity contribution in [2.24, 2.45) is 5.92 Å². The van der Waals surface area contributed by atoms with E-state index in [4.69, 9.17) is 4.42 Å². The molecule has 2 atom stereocenters. The highest BCUT2D eigenvalue weighted by Crippen LogP contribution is 2.38. The van der Waals surface area contributed by atoms with Gasteiger partial charge in [0.25, 0.3) is 0 Å². The van der Waals surface area contributed by atoms with Crippen LogP contribution in [-0.2, 0) is 4.79 Å². The summed E-state index contributed by atoms with van der Waals surface area (Å²) >= 11 is 0. The molecule has 162 valence electrons. The van der Waals surface area contributed by atoms with Crippen molar-refractivity contribution >= 4 is 39.5 Å². The maximum absolute atomic E-state index is 12.1. The number of carboxylic acid groups (broad SMARTS) is 1. The van der Waals surface area contributed by atoms with Gasteiger partial charge in [-0.25, -0.2) is 14.8 Å². The quantitative estimate of drug-likeness (QED) is 0.447.